The Balaban J connectivity index is 0.00000149. The third kappa shape index (κ3) is 18.6. The summed E-state index contributed by atoms with van der Waals surface area (Å²) in [5, 5.41) is 42.6. The molecule has 17 nitrogen and oxygen atoms in total. The lowest BCUT2D eigenvalue weighted by atomic mass is 10.0. The van der Waals surface area contributed by atoms with Crippen molar-refractivity contribution in [3.8, 4) is 5.75 Å². The summed E-state index contributed by atoms with van der Waals surface area (Å²) < 4.78 is 69.3. The number of rotatable bonds is 14. The Hall–Kier alpha value is -6.42. The molecule has 2 aromatic carbocycles. The lowest BCUT2D eigenvalue weighted by Crippen LogP contribution is -2.39. The molecule has 0 aliphatic heterocycles. The molecule has 0 unspecified atom stereocenters. The number of carbonyl (C=O) groups is 6. The van der Waals surface area contributed by atoms with Crippen LogP contribution in [0.25, 0.3) is 0 Å². The van der Waals surface area contributed by atoms with Crippen LogP contribution in [0.2, 0.25) is 0 Å². The van der Waals surface area contributed by atoms with Crippen molar-refractivity contribution in [3.63, 3.8) is 0 Å². The van der Waals surface area contributed by atoms with Crippen LogP contribution in [-0.2, 0) is 36.9 Å². The van der Waals surface area contributed by atoms with E-state index in [9.17, 15) is 45.5 Å². The second-order valence-electron chi connectivity index (χ2n) is 9.60. The summed E-state index contributed by atoms with van der Waals surface area (Å²) >= 11 is 0. The minimum Gasteiger partial charge on any atom is -0.491 e. The quantitative estimate of drug-likeness (QED) is 0.0570. The van der Waals surface area contributed by atoms with Crippen LogP contribution in [0.1, 0.15) is 39.9 Å². The van der Waals surface area contributed by atoms with Gasteiger partial charge in [-0.15, -0.1) is 0 Å². The fraction of sp³-hybridized carbons (Fsp3) is 0.286. The highest BCUT2D eigenvalue weighted by Gasteiger charge is 2.38. The van der Waals surface area contributed by atoms with Gasteiger partial charge < -0.3 is 47.7 Å². The van der Waals surface area contributed by atoms with Gasteiger partial charge in [0.15, 0.2) is 5.96 Å². The molecule has 51 heavy (non-hydrogen) atoms. The number of ketones is 1. The van der Waals surface area contributed by atoms with Gasteiger partial charge in [-0.25, -0.2) is 19.4 Å². The number of nitrogens with two attached hydrogens (primary N) is 3. The highest BCUT2D eigenvalue weighted by atomic mass is 19.4. The summed E-state index contributed by atoms with van der Waals surface area (Å²) in [6.45, 7) is -0.0400. The molecule has 280 valence electrons. The number of halogens is 6. The van der Waals surface area contributed by atoms with E-state index in [2.05, 4.69) is 10.3 Å². The number of amidine groups is 1. The lowest BCUT2D eigenvalue weighted by molar-refractivity contribution is -0.193. The van der Waals surface area contributed by atoms with Gasteiger partial charge in [-0.05, 0) is 30.2 Å². The molecule has 0 spiro atoms. The van der Waals surface area contributed by atoms with E-state index in [4.69, 9.17) is 57.4 Å². The molecule has 12 N–H and O–H groups in total. The molecule has 2 aromatic rings. The molecule has 0 aliphatic rings. The number of nitrogens with one attached hydrogen (secondary N) is 2. The fourth-order valence-electron chi connectivity index (χ4n) is 3.20. The number of aliphatic carboxylic acids is 4. The number of hydrogen-bond donors (Lipinski definition) is 9. The topological polar surface area (TPSA) is 319 Å². The molecule has 0 aromatic heterocycles. The van der Waals surface area contributed by atoms with Gasteiger partial charge in [0.25, 0.3) is 5.91 Å². The van der Waals surface area contributed by atoms with Crippen LogP contribution in [0.5, 0.6) is 5.75 Å². The molecule has 0 heterocycles. The number of carboxylic acids is 4. The summed E-state index contributed by atoms with van der Waals surface area (Å²) in [5.74, 6) is -10.1. The Morgan fingerprint density at radius 2 is 1.39 bits per heavy atom. The largest absolute Gasteiger partial charge is 0.491 e. The number of alkyl halides is 6. The molecule has 0 fully saturated rings. The van der Waals surface area contributed by atoms with Gasteiger partial charge in [-0.3, -0.25) is 19.8 Å². The number of ether oxygens (including phenoxy) is 1. The average Bonchev–Trinajstić information content (AvgIpc) is 3.01. The van der Waals surface area contributed by atoms with Gasteiger partial charge in [0, 0.05) is 29.5 Å². The second-order valence-corrected chi connectivity index (χ2v) is 9.60. The first kappa shape index (κ1) is 44.6. The van der Waals surface area contributed by atoms with E-state index >= 15 is 0 Å². The highest BCUT2D eigenvalue weighted by Crippen LogP contribution is 2.22. The van der Waals surface area contributed by atoms with Gasteiger partial charge in [0.05, 0.1) is 12.6 Å². The van der Waals surface area contributed by atoms with Crippen molar-refractivity contribution in [1.82, 2.24) is 5.32 Å². The van der Waals surface area contributed by atoms with Crippen LogP contribution >= 0.6 is 0 Å². The summed E-state index contributed by atoms with van der Waals surface area (Å²) in [6.07, 6.45) is -10.9. The zero-order valence-corrected chi connectivity index (χ0v) is 25.7. The first-order valence-electron chi connectivity index (χ1n) is 13.5. The third-order valence-electron chi connectivity index (χ3n) is 5.57. The monoisotopic (exact) mass is 740 g/mol. The number of guanidine groups is 1. The maximum Gasteiger partial charge on any atom is 0.490 e. The van der Waals surface area contributed by atoms with E-state index in [0.29, 0.717) is 5.56 Å². The SMILES string of the molecule is N=C(N)c1ccc(CC(=O)C(=O)O)c(OC[C@@H](CCC(=O)O)NC(=O)c2cccc(CN=C(N)N)c2)c1.O=C(O)C(F)(F)F.O=C(O)C(F)(F)F. The van der Waals surface area contributed by atoms with Crippen LogP contribution in [0, 0.1) is 5.41 Å². The van der Waals surface area contributed by atoms with E-state index in [1.807, 2.05) is 0 Å². The van der Waals surface area contributed by atoms with Gasteiger partial charge >= 0.3 is 36.2 Å². The molecule has 1 amide bonds. The summed E-state index contributed by atoms with van der Waals surface area (Å²) in [5.41, 5.74) is 17.7. The van der Waals surface area contributed by atoms with Gasteiger partial charge in [-0.2, -0.15) is 26.3 Å². The van der Waals surface area contributed by atoms with E-state index in [1.165, 1.54) is 18.2 Å². The number of Topliss-reactive ketones (excluding diaryl/α,β-unsaturated/α-hetero) is 1. The maximum absolute atomic E-state index is 12.9. The van der Waals surface area contributed by atoms with Crippen LogP contribution in [0.15, 0.2) is 47.5 Å². The van der Waals surface area contributed by atoms with Crippen molar-refractivity contribution in [1.29, 1.82) is 5.41 Å². The van der Waals surface area contributed by atoms with Crippen molar-refractivity contribution in [2.24, 2.45) is 22.2 Å². The standard InChI is InChI=1S/C24H28N6O7.2C2HF3O2/c25-21(26)15-5-4-14(9-18(31)23(35)36)19(10-15)37-12-17(6-7-20(32)33)30-22(34)16-3-1-2-13(8-16)11-29-24(27)28;2*3-2(4,5)1(6)7/h1-5,8,10,17H,6-7,9,11-12H2,(H3,25,26)(H,30,34)(H,32,33)(H,35,36)(H4,27,28,29);2*(H,6,7)/t17-;;/m1../s1. The predicted molar refractivity (Wildman–Crippen MR) is 161 cm³/mol. The minimum absolute atomic E-state index is 0.0184. The number of nitrogens with zero attached hydrogens (tertiary/aromatic N) is 1. The van der Waals surface area contributed by atoms with E-state index in [-0.39, 0.29) is 60.2 Å². The van der Waals surface area contributed by atoms with Crippen molar-refractivity contribution >= 4 is 47.4 Å². The number of aliphatic imine (C=N–C) groups is 1. The normalized spacial score (nSPS) is 11.2. The van der Waals surface area contributed by atoms with Crippen LogP contribution in [-0.4, -0.2) is 92.8 Å². The van der Waals surface area contributed by atoms with Gasteiger partial charge in [0.1, 0.15) is 18.2 Å². The molecular formula is C28H30F6N6O11. The van der Waals surface area contributed by atoms with Crippen LogP contribution in [0.4, 0.5) is 26.3 Å². The van der Waals surface area contributed by atoms with Crippen molar-refractivity contribution in [2.45, 2.75) is 44.2 Å². The number of amides is 1. The molecule has 0 saturated carbocycles. The van der Waals surface area contributed by atoms with Crippen molar-refractivity contribution < 1.29 is 80.3 Å². The zero-order valence-electron chi connectivity index (χ0n) is 25.7. The third-order valence-corrected chi connectivity index (χ3v) is 5.57. The number of benzene rings is 2. The predicted octanol–water partition coefficient (Wildman–Crippen LogP) is 1.25. The van der Waals surface area contributed by atoms with Gasteiger partial charge in [-0.1, -0.05) is 24.3 Å². The Morgan fingerprint density at radius 3 is 1.84 bits per heavy atom. The lowest BCUT2D eigenvalue weighted by Gasteiger charge is -2.20. The van der Waals surface area contributed by atoms with E-state index in [1.54, 1.807) is 24.3 Å². The van der Waals surface area contributed by atoms with Crippen LogP contribution < -0.4 is 27.3 Å². The van der Waals surface area contributed by atoms with E-state index < -0.39 is 60.4 Å². The Bertz CT molecular complexity index is 1600. The second kappa shape index (κ2) is 20.2. The Morgan fingerprint density at radius 1 is 0.843 bits per heavy atom. The number of carboxylic acid groups (broad SMARTS) is 4. The first-order valence-corrected chi connectivity index (χ1v) is 13.5. The maximum atomic E-state index is 12.9. The van der Waals surface area contributed by atoms with E-state index in [0.717, 1.165) is 0 Å². The Kier molecular flexibility index (Phi) is 17.6. The van der Waals surface area contributed by atoms with Crippen molar-refractivity contribution in [3.05, 3.63) is 64.7 Å². The molecule has 1 atom stereocenters. The number of carbonyl (C=O) groups excluding carboxylic acids is 2. The molecule has 23 heteroatoms. The number of hydrogen-bond acceptors (Lipinski definition) is 9. The van der Waals surface area contributed by atoms with Crippen molar-refractivity contribution in [2.75, 3.05) is 6.61 Å². The molecule has 2 rings (SSSR count). The minimum atomic E-state index is -5.08. The fourth-order valence-corrected chi connectivity index (χ4v) is 3.20. The molecular weight excluding hydrogens is 710 g/mol. The smallest absolute Gasteiger partial charge is 0.490 e. The Labute approximate surface area is 282 Å². The summed E-state index contributed by atoms with van der Waals surface area (Å²) in [7, 11) is 0. The molecule has 0 aliphatic carbocycles. The molecule has 0 radical (unpaired) electrons. The van der Waals surface area contributed by atoms with Crippen LogP contribution in [0.3, 0.4) is 0 Å². The summed E-state index contributed by atoms with van der Waals surface area (Å²) in [4.78, 5) is 68.5. The number of nitrogen functional groups attached to an aromatic ring is 1. The zero-order chi connectivity index (χ0) is 39.7. The first-order chi connectivity index (χ1) is 23.3. The highest BCUT2D eigenvalue weighted by molar-refractivity contribution is 6.33. The van der Waals surface area contributed by atoms with Gasteiger partial charge in [0.2, 0.25) is 5.78 Å². The molecule has 0 saturated heterocycles. The molecule has 0 bridgehead atoms. The summed E-state index contributed by atoms with van der Waals surface area (Å²) in [6, 6.07) is 9.99. The average molecular weight is 741 g/mol.